The topological polar surface area (TPSA) is 39.9 Å². The summed E-state index contributed by atoms with van der Waals surface area (Å²) >= 11 is 0. The maximum absolute atomic E-state index is 13.4. The standard InChI is InChI=1S/C16H13F4N3O/c1-8-4-9(16(18,19)20)5-12(24-3)13(8)15-22-14-11(23(15)2)6-10(17)7-21-14/h4-7H,1-3H3. The lowest BCUT2D eigenvalue weighted by Gasteiger charge is -2.15. The Bertz CT molecular complexity index is 931. The van der Waals surface area contributed by atoms with Gasteiger partial charge in [-0.3, -0.25) is 0 Å². The summed E-state index contributed by atoms with van der Waals surface area (Å²) in [7, 11) is 2.93. The van der Waals surface area contributed by atoms with Gasteiger partial charge in [0.25, 0.3) is 0 Å². The average Bonchev–Trinajstić information content (AvgIpc) is 2.82. The second-order valence-corrected chi connectivity index (χ2v) is 5.36. The summed E-state index contributed by atoms with van der Waals surface area (Å²) in [6.07, 6.45) is -3.44. The molecule has 0 saturated carbocycles. The maximum Gasteiger partial charge on any atom is 0.416 e. The van der Waals surface area contributed by atoms with Crippen LogP contribution >= 0.6 is 0 Å². The smallest absolute Gasteiger partial charge is 0.416 e. The molecule has 0 aliphatic rings. The highest BCUT2D eigenvalue weighted by molar-refractivity contribution is 5.80. The van der Waals surface area contributed by atoms with Crippen LogP contribution in [0.4, 0.5) is 17.6 Å². The molecular weight excluding hydrogens is 326 g/mol. The third-order valence-electron chi connectivity index (χ3n) is 3.77. The van der Waals surface area contributed by atoms with E-state index >= 15 is 0 Å². The number of alkyl halides is 3. The molecule has 24 heavy (non-hydrogen) atoms. The van der Waals surface area contributed by atoms with Gasteiger partial charge in [-0.25, -0.2) is 14.4 Å². The third kappa shape index (κ3) is 2.57. The number of nitrogens with zero attached hydrogens (tertiary/aromatic N) is 3. The highest BCUT2D eigenvalue weighted by Gasteiger charge is 2.32. The van der Waals surface area contributed by atoms with Crippen LogP contribution in [0, 0.1) is 12.7 Å². The van der Waals surface area contributed by atoms with Crippen LogP contribution in [0.25, 0.3) is 22.6 Å². The molecule has 4 nitrogen and oxygen atoms in total. The number of fused-ring (bicyclic) bond motifs is 1. The van der Waals surface area contributed by atoms with Crippen LogP contribution in [0.2, 0.25) is 0 Å². The number of ether oxygens (including phenoxy) is 1. The van der Waals surface area contributed by atoms with E-state index in [2.05, 4.69) is 9.97 Å². The van der Waals surface area contributed by atoms with E-state index in [0.29, 0.717) is 28.1 Å². The van der Waals surface area contributed by atoms with Crippen molar-refractivity contribution in [2.45, 2.75) is 13.1 Å². The van der Waals surface area contributed by atoms with E-state index in [-0.39, 0.29) is 5.75 Å². The van der Waals surface area contributed by atoms with Gasteiger partial charge in [0.15, 0.2) is 5.65 Å². The van der Waals surface area contributed by atoms with E-state index in [1.807, 2.05) is 0 Å². The Balaban J connectivity index is 2.28. The van der Waals surface area contributed by atoms with Gasteiger partial charge in [0.2, 0.25) is 0 Å². The quantitative estimate of drug-likeness (QED) is 0.660. The summed E-state index contributed by atoms with van der Waals surface area (Å²) in [4.78, 5) is 8.21. The van der Waals surface area contributed by atoms with E-state index in [0.717, 1.165) is 18.3 Å². The number of rotatable bonds is 2. The molecule has 8 heteroatoms. The lowest BCUT2D eigenvalue weighted by atomic mass is 10.0. The van der Waals surface area contributed by atoms with Gasteiger partial charge in [0.05, 0.1) is 30.0 Å². The number of benzene rings is 1. The Morgan fingerprint density at radius 1 is 1.17 bits per heavy atom. The van der Waals surface area contributed by atoms with Gasteiger partial charge in [-0.2, -0.15) is 13.2 Å². The lowest BCUT2D eigenvalue weighted by molar-refractivity contribution is -0.137. The predicted octanol–water partition coefficient (Wildman–Crippen LogP) is 4.11. The molecule has 0 radical (unpaired) electrons. The normalized spacial score (nSPS) is 12.0. The zero-order valence-electron chi connectivity index (χ0n) is 13.1. The second kappa shape index (κ2) is 5.47. The molecule has 0 saturated heterocycles. The van der Waals surface area contributed by atoms with Crippen LogP contribution in [0.15, 0.2) is 24.4 Å². The number of hydrogen-bond acceptors (Lipinski definition) is 3. The van der Waals surface area contributed by atoms with Crippen molar-refractivity contribution in [3.05, 3.63) is 41.3 Å². The molecule has 0 fully saturated rings. The largest absolute Gasteiger partial charge is 0.496 e. The Labute approximate surface area is 134 Å². The van der Waals surface area contributed by atoms with Gasteiger partial charge < -0.3 is 9.30 Å². The van der Waals surface area contributed by atoms with Crippen molar-refractivity contribution >= 4 is 11.2 Å². The zero-order chi connectivity index (χ0) is 17.6. The van der Waals surface area contributed by atoms with E-state index in [4.69, 9.17) is 4.74 Å². The second-order valence-electron chi connectivity index (χ2n) is 5.36. The fourth-order valence-electron chi connectivity index (χ4n) is 2.63. The Morgan fingerprint density at radius 2 is 1.88 bits per heavy atom. The number of imidazole rings is 1. The number of methoxy groups -OCH3 is 1. The van der Waals surface area contributed by atoms with Gasteiger partial charge in [0, 0.05) is 13.1 Å². The molecular formula is C16H13F4N3O. The first-order chi connectivity index (χ1) is 11.2. The summed E-state index contributed by atoms with van der Waals surface area (Å²) in [6, 6.07) is 3.23. The number of hydrogen-bond donors (Lipinski definition) is 0. The highest BCUT2D eigenvalue weighted by atomic mass is 19.4. The first kappa shape index (κ1) is 16.2. The summed E-state index contributed by atoms with van der Waals surface area (Å²) < 4.78 is 59.0. The van der Waals surface area contributed by atoms with Crippen molar-refractivity contribution in [3.8, 4) is 17.1 Å². The van der Waals surface area contributed by atoms with Crippen molar-refractivity contribution in [1.82, 2.24) is 14.5 Å². The molecule has 0 aliphatic carbocycles. The molecule has 2 heterocycles. The number of aromatic nitrogens is 3. The minimum Gasteiger partial charge on any atom is -0.496 e. The highest BCUT2D eigenvalue weighted by Crippen LogP contribution is 2.39. The number of halogens is 4. The fourth-order valence-corrected chi connectivity index (χ4v) is 2.63. The molecule has 0 atom stereocenters. The number of aryl methyl sites for hydroxylation is 2. The molecule has 0 aliphatic heterocycles. The Kier molecular flexibility index (Phi) is 3.70. The van der Waals surface area contributed by atoms with Crippen LogP contribution in [0.5, 0.6) is 5.75 Å². The van der Waals surface area contributed by atoms with Crippen molar-refractivity contribution in [1.29, 1.82) is 0 Å². The van der Waals surface area contributed by atoms with E-state index in [9.17, 15) is 17.6 Å². The average molecular weight is 339 g/mol. The van der Waals surface area contributed by atoms with E-state index in [1.165, 1.54) is 13.2 Å². The first-order valence-electron chi connectivity index (χ1n) is 6.96. The molecule has 126 valence electrons. The molecule has 3 rings (SSSR count). The fraction of sp³-hybridized carbons (Fsp3) is 0.250. The summed E-state index contributed by atoms with van der Waals surface area (Å²) in [6.45, 7) is 1.54. The van der Waals surface area contributed by atoms with Crippen molar-refractivity contribution in [3.63, 3.8) is 0 Å². The van der Waals surface area contributed by atoms with Gasteiger partial charge in [-0.1, -0.05) is 0 Å². The van der Waals surface area contributed by atoms with E-state index < -0.39 is 17.6 Å². The van der Waals surface area contributed by atoms with Crippen molar-refractivity contribution in [2.75, 3.05) is 7.11 Å². The van der Waals surface area contributed by atoms with Gasteiger partial charge in [-0.05, 0) is 24.6 Å². The van der Waals surface area contributed by atoms with Gasteiger partial charge in [0.1, 0.15) is 17.4 Å². The van der Waals surface area contributed by atoms with Crippen LogP contribution in [0.3, 0.4) is 0 Å². The van der Waals surface area contributed by atoms with Crippen LogP contribution in [0.1, 0.15) is 11.1 Å². The minimum absolute atomic E-state index is 0.0428. The monoisotopic (exact) mass is 339 g/mol. The summed E-state index contributed by atoms with van der Waals surface area (Å²) in [5.41, 5.74) is 0.692. The molecule has 0 unspecified atom stereocenters. The predicted molar refractivity (Wildman–Crippen MR) is 80.2 cm³/mol. The summed E-state index contributed by atoms with van der Waals surface area (Å²) in [5.74, 6) is -0.125. The maximum atomic E-state index is 13.4. The van der Waals surface area contributed by atoms with Crippen molar-refractivity contribution in [2.24, 2.45) is 7.05 Å². The van der Waals surface area contributed by atoms with E-state index in [1.54, 1.807) is 18.5 Å². The minimum atomic E-state index is -4.48. The first-order valence-corrected chi connectivity index (χ1v) is 6.96. The summed E-state index contributed by atoms with van der Waals surface area (Å²) in [5, 5.41) is 0. The molecule has 0 bridgehead atoms. The van der Waals surface area contributed by atoms with Crippen molar-refractivity contribution < 1.29 is 22.3 Å². The Hall–Kier alpha value is -2.64. The Morgan fingerprint density at radius 3 is 2.50 bits per heavy atom. The SMILES string of the molecule is COc1cc(C(F)(F)F)cc(C)c1-c1nc2ncc(F)cc2n1C. The molecule has 2 aromatic heterocycles. The molecule has 0 amide bonds. The van der Waals surface area contributed by atoms with Crippen LogP contribution < -0.4 is 4.74 Å². The molecule has 0 N–H and O–H groups in total. The third-order valence-corrected chi connectivity index (χ3v) is 3.77. The van der Waals surface area contributed by atoms with Crippen LogP contribution in [-0.4, -0.2) is 21.6 Å². The molecule has 3 aromatic rings. The number of pyridine rings is 1. The lowest BCUT2D eigenvalue weighted by Crippen LogP contribution is -2.07. The zero-order valence-corrected chi connectivity index (χ0v) is 13.1. The molecule has 0 spiro atoms. The van der Waals surface area contributed by atoms with Gasteiger partial charge >= 0.3 is 6.18 Å². The van der Waals surface area contributed by atoms with Gasteiger partial charge in [-0.15, -0.1) is 0 Å². The molecule has 1 aromatic carbocycles. The van der Waals surface area contributed by atoms with Crippen LogP contribution in [-0.2, 0) is 13.2 Å².